The van der Waals surface area contributed by atoms with Gasteiger partial charge in [-0.1, -0.05) is 36.2 Å². The number of likely N-dealkylation sites (tertiary alicyclic amines) is 1. The van der Waals surface area contributed by atoms with Crippen molar-refractivity contribution in [3.8, 4) is 0 Å². The first-order chi connectivity index (χ1) is 12.8. The predicted octanol–water partition coefficient (Wildman–Crippen LogP) is 3.55. The van der Waals surface area contributed by atoms with Gasteiger partial charge in [-0.25, -0.2) is 4.79 Å². The van der Waals surface area contributed by atoms with Gasteiger partial charge in [-0.05, 0) is 44.7 Å². The van der Waals surface area contributed by atoms with E-state index in [0.717, 1.165) is 30.6 Å². The van der Waals surface area contributed by atoms with Gasteiger partial charge in [0.1, 0.15) is 12.1 Å². The van der Waals surface area contributed by atoms with Crippen LogP contribution in [0.2, 0.25) is 10.0 Å². The molecular formula is C19H23Cl2N3O3. The van der Waals surface area contributed by atoms with Gasteiger partial charge < -0.3 is 10.2 Å². The Labute approximate surface area is 168 Å². The van der Waals surface area contributed by atoms with Gasteiger partial charge in [-0.3, -0.25) is 14.5 Å². The van der Waals surface area contributed by atoms with Gasteiger partial charge in [-0.15, -0.1) is 0 Å². The normalized spacial score (nSPS) is 25.7. The number of amides is 4. The number of imide groups is 1. The van der Waals surface area contributed by atoms with E-state index in [4.69, 9.17) is 23.2 Å². The van der Waals surface area contributed by atoms with Crippen LogP contribution in [0.4, 0.5) is 4.79 Å². The molecule has 0 aromatic heterocycles. The van der Waals surface area contributed by atoms with E-state index in [0.29, 0.717) is 17.1 Å². The maximum atomic E-state index is 13.0. The molecule has 2 aliphatic heterocycles. The van der Waals surface area contributed by atoms with Crippen molar-refractivity contribution in [3.05, 3.63) is 33.8 Å². The lowest BCUT2D eigenvalue weighted by molar-refractivity contribution is -0.141. The average Bonchev–Trinajstić information content (AvgIpc) is 2.85. The smallest absolute Gasteiger partial charge is 0.325 e. The fourth-order valence-electron chi connectivity index (χ4n) is 3.90. The van der Waals surface area contributed by atoms with Gasteiger partial charge in [-0.2, -0.15) is 0 Å². The summed E-state index contributed by atoms with van der Waals surface area (Å²) >= 11 is 12.2. The van der Waals surface area contributed by atoms with Crippen LogP contribution in [-0.2, 0) is 15.1 Å². The second-order valence-electron chi connectivity index (χ2n) is 7.22. The number of hydrogen-bond donors (Lipinski definition) is 1. The van der Waals surface area contributed by atoms with E-state index in [1.165, 1.54) is 6.07 Å². The average molecular weight is 412 g/mol. The van der Waals surface area contributed by atoms with Gasteiger partial charge >= 0.3 is 6.03 Å². The second-order valence-corrected chi connectivity index (χ2v) is 8.06. The van der Waals surface area contributed by atoms with E-state index in [-0.39, 0.29) is 23.5 Å². The molecule has 1 N–H and O–H groups in total. The molecule has 1 aromatic rings. The number of rotatable bonds is 4. The molecule has 2 saturated heterocycles. The van der Waals surface area contributed by atoms with Crippen LogP contribution in [0.5, 0.6) is 0 Å². The molecule has 27 heavy (non-hydrogen) atoms. The maximum absolute atomic E-state index is 13.0. The van der Waals surface area contributed by atoms with Crippen molar-refractivity contribution < 1.29 is 14.4 Å². The third-order valence-corrected chi connectivity index (χ3v) is 6.00. The monoisotopic (exact) mass is 411 g/mol. The Balaban J connectivity index is 1.80. The number of halogens is 2. The van der Waals surface area contributed by atoms with Crippen LogP contribution in [0, 0.1) is 0 Å². The number of benzene rings is 1. The molecule has 2 fully saturated rings. The Kier molecular flexibility index (Phi) is 5.68. The van der Waals surface area contributed by atoms with E-state index in [9.17, 15) is 14.4 Å². The third kappa shape index (κ3) is 3.65. The lowest BCUT2D eigenvalue weighted by atomic mass is 9.92. The van der Waals surface area contributed by atoms with Crippen LogP contribution < -0.4 is 5.32 Å². The van der Waals surface area contributed by atoms with Crippen molar-refractivity contribution in [2.75, 3.05) is 13.1 Å². The van der Waals surface area contributed by atoms with E-state index in [1.807, 2.05) is 6.92 Å². The number of nitrogens with zero attached hydrogens (tertiary/aromatic N) is 2. The molecule has 146 valence electrons. The molecule has 4 amide bonds. The molecule has 2 atom stereocenters. The van der Waals surface area contributed by atoms with E-state index >= 15 is 0 Å². The summed E-state index contributed by atoms with van der Waals surface area (Å²) in [6.45, 7) is 4.04. The molecule has 1 aromatic carbocycles. The van der Waals surface area contributed by atoms with Gasteiger partial charge in [0, 0.05) is 28.2 Å². The molecule has 0 spiro atoms. The van der Waals surface area contributed by atoms with E-state index < -0.39 is 17.5 Å². The molecule has 2 heterocycles. The fraction of sp³-hybridized carbons (Fsp3) is 0.526. The molecule has 0 unspecified atom stereocenters. The van der Waals surface area contributed by atoms with Crippen molar-refractivity contribution >= 4 is 41.0 Å². The van der Waals surface area contributed by atoms with Crippen molar-refractivity contribution in [1.82, 2.24) is 15.1 Å². The Morgan fingerprint density at radius 2 is 2.04 bits per heavy atom. The highest BCUT2D eigenvalue weighted by Crippen LogP contribution is 2.35. The quantitative estimate of drug-likeness (QED) is 0.769. The lowest BCUT2D eigenvalue weighted by Crippen LogP contribution is -2.49. The zero-order valence-electron chi connectivity index (χ0n) is 15.4. The number of carbonyl (C=O) groups is 3. The zero-order chi connectivity index (χ0) is 19.8. The van der Waals surface area contributed by atoms with Crippen molar-refractivity contribution in [3.63, 3.8) is 0 Å². The number of piperidine rings is 1. The minimum absolute atomic E-state index is 0.170. The molecular weight excluding hydrogens is 389 g/mol. The standard InChI is InChI=1S/C19H23Cl2N3O3/c1-3-13-6-4-5-9-23(13)16(25)11-24-17(26)19(2,22-18(24)27)14-8-7-12(20)10-15(14)21/h7-8,10,13H,3-6,9,11H2,1-2H3,(H,22,27)/t13-,19-/m0/s1. The van der Waals surface area contributed by atoms with Gasteiger partial charge in [0.15, 0.2) is 0 Å². The summed E-state index contributed by atoms with van der Waals surface area (Å²) in [6, 6.07) is 4.33. The van der Waals surface area contributed by atoms with E-state index in [1.54, 1.807) is 24.0 Å². The summed E-state index contributed by atoms with van der Waals surface area (Å²) in [4.78, 5) is 41.1. The number of urea groups is 1. The van der Waals surface area contributed by atoms with Crippen LogP contribution in [0.15, 0.2) is 18.2 Å². The molecule has 0 saturated carbocycles. The highest BCUT2D eigenvalue weighted by atomic mass is 35.5. The Bertz CT molecular complexity index is 785. The Morgan fingerprint density at radius 1 is 1.30 bits per heavy atom. The van der Waals surface area contributed by atoms with Crippen LogP contribution in [-0.4, -0.2) is 46.8 Å². The first-order valence-electron chi connectivity index (χ1n) is 9.17. The van der Waals surface area contributed by atoms with Gasteiger partial charge in [0.25, 0.3) is 5.91 Å². The van der Waals surface area contributed by atoms with Gasteiger partial charge in [0.05, 0.1) is 0 Å². The first-order valence-corrected chi connectivity index (χ1v) is 9.92. The number of nitrogens with one attached hydrogen (secondary N) is 1. The highest BCUT2D eigenvalue weighted by molar-refractivity contribution is 6.35. The lowest BCUT2D eigenvalue weighted by Gasteiger charge is -2.36. The fourth-order valence-corrected chi connectivity index (χ4v) is 4.50. The van der Waals surface area contributed by atoms with E-state index in [2.05, 4.69) is 5.32 Å². The van der Waals surface area contributed by atoms with Crippen LogP contribution in [0.3, 0.4) is 0 Å². The van der Waals surface area contributed by atoms with Crippen molar-refractivity contribution in [2.24, 2.45) is 0 Å². The summed E-state index contributed by atoms with van der Waals surface area (Å²) < 4.78 is 0. The number of hydrogen-bond acceptors (Lipinski definition) is 3. The van der Waals surface area contributed by atoms with Crippen LogP contribution in [0.1, 0.15) is 45.1 Å². The topological polar surface area (TPSA) is 69.7 Å². The van der Waals surface area contributed by atoms with Crippen molar-refractivity contribution in [2.45, 2.75) is 51.1 Å². The van der Waals surface area contributed by atoms with Crippen LogP contribution in [0.25, 0.3) is 0 Å². The number of carbonyl (C=O) groups excluding carboxylic acids is 3. The summed E-state index contributed by atoms with van der Waals surface area (Å²) in [7, 11) is 0. The molecule has 8 heteroatoms. The Morgan fingerprint density at radius 3 is 2.70 bits per heavy atom. The Hall–Kier alpha value is -1.79. The van der Waals surface area contributed by atoms with Gasteiger partial charge in [0.2, 0.25) is 5.91 Å². The summed E-state index contributed by atoms with van der Waals surface area (Å²) in [6.07, 6.45) is 3.86. The minimum Gasteiger partial charge on any atom is -0.338 e. The molecule has 2 aliphatic rings. The predicted molar refractivity (Wildman–Crippen MR) is 104 cm³/mol. The largest absolute Gasteiger partial charge is 0.338 e. The maximum Gasteiger partial charge on any atom is 0.325 e. The van der Waals surface area contributed by atoms with Crippen molar-refractivity contribution in [1.29, 1.82) is 0 Å². The molecule has 6 nitrogen and oxygen atoms in total. The molecule has 0 aliphatic carbocycles. The minimum atomic E-state index is -1.33. The molecule has 0 radical (unpaired) electrons. The first kappa shape index (κ1) is 20.0. The SMILES string of the molecule is CC[C@H]1CCCCN1C(=O)CN1C(=O)N[C@@](C)(c2ccc(Cl)cc2Cl)C1=O. The summed E-state index contributed by atoms with van der Waals surface area (Å²) in [5.74, 6) is -0.688. The summed E-state index contributed by atoms with van der Waals surface area (Å²) in [5.41, 5.74) is -0.878. The third-order valence-electron chi connectivity index (χ3n) is 5.46. The van der Waals surface area contributed by atoms with Crippen LogP contribution >= 0.6 is 23.2 Å². The molecule has 0 bridgehead atoms. The second kappa shape index (κ2) is 7.68. The highest BCUT2D eigenvalue weighted by Gasteiger charge is 2.50. The summed E-state index contributed by atoms with van der Waals surface area (Å²) in [5, 5.41) is 3.40. The zero-order valence-corrected chi connectivity index (χ0v) is 16.9. The molecule has 3 rings (SSSR count).